The van der Waals surface area contributed by atoms with Crippen molar-refractivity contribution in [2.75, 3.05) is 12.4 Å². The molecule has 2 rings (SSSR count). The predicted molar refractivity (Wildman–Crippen MR) is 114 cm³/mol. The lowest BCUT2D eigenvalue weighted by atomic mass is 10.1. The van der Waals surface area contributed by atoms with Crippen LogP contribution in [0.4, 0.5) is 0 Å². The Morgan fingerprint density at radius 2 is 1.76 bits per heavy atom. The summed E-state index contributed by atoms with van der Waals surface area (Å²) in [7, 11) is -3.43. The molecule has 0 saturated heterocycles. The van der Waals surface area contributed by atoms with E-state index in [2.05, 4.69) is 9.71 Å². The van der Waals surface area contributed by atoms with E-state index in [1.165, 1.54) is 5.56 Å². The van der Waals surface area contributed by atoms with Gasteiger partial charge in [0.15, 0.2) is 0 Å². The Hall–Kier alpha value is -2.25. The van der Waals surface area contributed by atoms with E-state index < -0.39 is 16.1 Å². The second kappa shape index (κ2) is 12.3. The van der Waals surface area contributed by atoms with Crippen LogP contribution >= 0.6 is 0 Å². The van der Waals surface area contributed by atoms with Gasteiger partial charge >= 0.3 is 0 Å². The Kier molecular flexibility index (Phi) is 9.80. The standard InChI is InChI=1S/C22H30N2O4S/c1-2-3-16-29(26,27)24-21(18-25)17-20-7-9-22(10-8-20)28-15-5-4-6-19-11-13-23-14-12-19/h7-14,18,21,24H,2-6,15-17H2,1H3/t21-/m0/s1. The molecule has 1 aromatic carbocycles. The molecule has 6 nitrogen and oxygen atoms in total. The SMILES string of the molecule is CCCCS(=O)(=O)N[C@H](C=O)Cc1ccc(OCCCCc2ccncc2)cc1. The minimum Gasteiger partial charge on any atom is -0.494 e. The van der Waals surface area contributed by atoms with Crippen LogP contribution < -0.4 is 9.46 Å². The molecular formula is C22H30N2O4S. The van der Waals surface area contributed by atoms with E-state index in [9.17, 15) is 13.2 Å². The van der Waals surface area contributed by atoms with Crippen LogP contribution in [0.1, 0.15) is 43.7 Å². The molecule has 1 aromatic heterocycles. The average molecular weight is 419 g/mol. The zero-order valence-corrected chi connectivity index (χ0v) is 17.7. The van der Waals surface area contributed by atoms with Crippen LogP contribution in [0.3, 0.4) is 0 Å². The van der Waals surface area contributed by atoms with E-state index in [4.69, 9.17) is 4.74 Å². The summed E-state index contributed by atoms with van der Waals surface area (Å²) in [5.74, 6) is 0.811. The van der Waals surface area contributed by atoms with Gasteiger partial charge in [0, 0.05) is 12.4 Å². The highest BCUT2D eigenvalue weighted by Crippen LogP contribution is 2.14. The number of hydrogen-bond donors (Lipinski definition) is 1. The van der Waals surface area contributed by atoms with Crippen LogP contribution in [0.15, 0.2) is 48.8 Å². The fourth-order valence-corrected chi connectivity index (χ4v) is 4.27. The van der Waals surface area contributed by atoms with Crippen LogP contribution in [0.25, 0.3) is 0 Å². The topological polar surface area (TPSA) is 85.4 Å². The predicted octanol–water partition coefficient (Wildman–Crippen LogP) is 3.31. The minimum absolute atomic E-state index is 0.0434. The van der Waals surface area contributed by atoms with Gasteiger partial charge in [-0.2, -0.15) is 0 Å². The van der Waals surface area contributed by atoms with Crippen molar-refractivity contribution in [2.24, 2.45) is 0 Å². The number of hydrogen-bond acceptors (Lipinski definition) is 5. The first-order chi connectivity index (χ1) is 14.0. The van der Waals surface area contributed by atoms with Gasteiger partial charge in [0.05, 0.1) is 18.4 Å². The summed E-state index contributed by atoms with van der Waals surface area (Å²) in [6.45, 7) is 2.57. The van der Waals surface area contributed by atoms with Crippen molar-refractivity contribution in [3.63, 3.8) is 0 Å². The molecule has 0 aliphatic heterocycles. The monoisotopic (exact) mass is 418 g/mol. The number of unbranched alkanes of at least 4 members (excludes halogenated alkanes) is 2. The summed E-state index contributed by atoms with van der Waals surface area (Å²) in [6, 6.07) is 10.7. The molecule has 0 aliphatic rings. The minimum atomic E-state index is -3.43. The van der Waals surface area contributed by atoms with Gasteiger partial charge in [-0.15, -0.1) is 0 Å². The van der Waals surface area contributed by atoms with Crippen molar-refractivity contribution in [3.8, 4) is 5.75 Å². The van der Waals surface area contributed by atoms with Crippen LogP contribution in [0, 0.1) is 0 Å². The summed E-state index contributed by atoms with van der Waals surface area (Å²) in [5, 5.41) is 0. The first-order valence-electron chi connectivity index (χ1n) is 10.1. The number of ether oxygens (including phenoxy) is 1. The zero-order chi connectivity index (χ0) is 21.0. The van der Waals surface area contributed by atoms with Crippen molar-refractivity contribution >= 4 is 16.3 Å². The highest BCUT2D eigenvalue weighted by molar-refractivity contribution is 7.89. The first-order valence-corrected chi connectivity index (χ1v) is 11.7. The number of aryl methyl sites for hydroxylation is 1. The molecule has 0 saturated carbocycles. The van der Waals surface area contributed by atoms with Crippen LogP contribution in [0.2, 0.25) is 0 Å². The highest BCUT2D eigenvalue weighted by Gasteiger charge is 2.17. The number of carbonyl (C=O) groups is 1. The van der Waals surface area contributed by atoms with E-state index in [-0.39, 0.29) is 5.75 Å². The van der Waals surface area contributed by atoms with Gasteiger partial charge in [-0.05, 0) is 67.5 Å². The summed E-state index contributed by atoms with van der Waals surface area (Å²) in [5.41, 5.74) is 2.16. The number of pyridine rings is 1. The van der Waals surface area contributed by atoms with E-state index in [0.29, 0.717) is 25.7 Å². The van der Waals surface area contributed by atoms with Crippen molar-refractivity contribution in [2.45, 2.75) is 51.5 Å². The van der Waals surface area contributed by atoms with Crippen LogP contribution in [-0.2, 0) is 27.7 Å². The summed E-state index contributed by atoms with van der Waals surface area (Å²) >= 11 is 0. The third kappa shape index (κ3) is 9.19. The van der Waals surface area contributed by atoms with Crippen molar-refractivity contribution < 1.29 is 17.9 Å². The van der Waals surface area contributed by atoms with Crippen molar-refractivity contribution in [1.82, 2.24) is 9.71 Å². The number of aldehydes is 1. The normalized spacial score (nSPS) is 12.4. The lowest BCUT2D eigenvalue weighted by molar-refractivity contribution is -0.109. The largest absolute Gasteiger partial charge is 0.494 e. The Morgan fingerprint density at radius 3 is 2.41 bits per heavy atom. The first kappa shape index (κ1) is 23.0. The second-order valence-corrected chi connectivity index (χ2v) is 8.92. The molecule has 0 radical (unpaired) electrons. The maximum Gasteiger partial charge on any atom is 0.212 e. The zero-order valence-electron chi connectivity index (χ0n) is 16.9. The average Bonchev–Trinajstić information content (AvgIpc) is 2.73. The molecule has 1 heterocycles. The molecule has 0 fully saturated rings. The van der Waals surface area contributed by atoms with Gasteiger partial charge in [-0.3, -0.25) is 4.98 Å². The maximum absolute atomic E-state index is 12.0. The molecule has 0 unspecified atom stereocenters. The molecule has 0 bridgehead atoms. The third-order valence-electron chi connectivity index (χ3n) is 4.52. The number of aromatic nitrogens is 1. The molecule has 29 heavy (non-hydrogen) atoms. The fraction of sp³-hybridized carbons (Fsp3) is 0.455. The van der Waals surface area contributed by atoms with Gasteiger partial charge < -0.3 is 9.53 Å². The molecular weight excluding hydrogens is 388 g/mol. The van der Waals surface area contributed by atoms with Gasteiger partial charge in [0.2, 0.25) is 10.0 Å². The Morgan fingerprint density at radius 1 is 1.03 bits per heavy atom. The number of nitrogens with zero attached hydrogens (tertiary/aromatic N) is 1. The quantitative estimate of drug-likeness (QED) is 0.376. The molecule has 2 aromatic rings. The molecule has 7 heteroatoms. The fourth-order valence-electron chi connectivity index (χ4n) is 2.89. The van der Waals surface area contributed by atoms with Crippen molar-refractivity contribution in [3.05, 3.63) is 59.9 Å². The molecule has 1 N–H and O–H groups in total. The molecule has 1 atom stereocenters. The number of sulfonamides is 1. The van der Waals surface area contributed by atoms with Crippen LogP contribution in [-0.4, -0.2) is 38.1 Å². The number of benzene rings is 1. The van der Waals surface area contributed by atoms with Gasteiger partial charge in [-0.1, -0.05) is 25.5 Å². The van der Waals surface area contributed by atoms with E-state index in [1.807, 2.05) is 43.3 Å². The van der Waals surface area contributed by atoms with Gasteiger partial charge in [0.25, 0.3) is 0 Å². The maximum atomic E-state index is 12.0. The molecule has 158 valence electrons. The Balaban J connectivity index is 1.73. The summed E-state index contributed by atoms with van der Waals surface area (Å²) < 4.78 is 32.2. The number of carbonyl (C=O) groups excluding carboxylic acids is 1. The highest BCUT2D eigenvalue weighted by atomic mass is 32.2. The van der Waals surface area contributed by atoms with E-state index in [0.717, 1.165) is 37.0 Å². The lowest BCUT2D eigenvalue weighted by Gasteiger charge is -2.13. The Labute approximate surface area is 173 Å². The second-order valence-electron chi connectivity index (χ2n) is 7.04. The smallest absolute Gasteiger partial charge is 0.212 e. The lowest BCUT2D eigenvalue weighted by Crippen LogP contribution is -2.38. The third-order valence-corrected chi connectivity index (χ3v) is 6.01. The number of nitrogens with one attached hydrogen (secondary N) is 1. The molecule has 0 amide bonds. The van der Waals surface area contributed by atoms with Crippen LogP contribution in [0.5, 0.6) is 5.75 Å². The molecule has 0 aliphatic carbocycles. The number of rotatable bonds is 14. The Bertz CT molecular complexity index is 824. The van der Waals surface area contributed by atoms with Gasteiger partial charge in [0.1, 0.15) is 12.0 Å². The summed E-state index contributed by atoms with van der Waals surface area (Å²) in [4.78, 5) is 15.3. The molecule has 0 spiro atoms. The summed E-state index contributed by atoms with van der Waals surface area (Å²) in [6.07, 6.45) is 8.95. The van der Waals surface area contributed by atoms with E-state index in [1.54, 1.807) is 12.4 Å². The van der Waals surface area contributed by atoms with Gasteiger partial charge in [-0.25, -0.2) is 13.1 Å². The van der Waals surface area contributed by atoms with E-state index >= 15 is 0 Å². The van der Waals surface area contributed by atoms with Crippen molar-refractivity contribution in [1.29, 1.82) is 0 Å².